The zero-order valence-electron chi connectivity index (χ0n) is 19.9. The molecule has 0 radical (unpaired) electrons. The van der Waals surface area contributed by atoms with Gasteiger partial charge in [0.25, 0.3) is 0 Å². The van der Waals surface area contributed by atoms with Gasteiger partial charge in [-0.15, -0.1) is 0 Å². The van der Waals surface area contributed by atoms with Crippen LogP contribution in [0.2, 0.25) is 0 Å². The van der Waals surface area contributed by atoms with E-state index in [1.165, 1.54) is 18.4 Å². The first-order valence-corrected chi connectivity index (χ1v) is 12.9. The number of aliphatic hydroxyl groups excluding tert-OH is 2. The number of ether oxygens (including phenoxy) is 1. The molecule has 0 spiro atoms. The molecule has 0 aromatic carbocycles. The van der Waals surface area contributed by atoms with Crippen molar-refractivity contribution in [1.29, 1.82) is 0 Å². The second-order valence-electron chi connectivity index (χ2n) is 12.3. The molecular formula is C27H42O4. The predicted octanol–water partition coefficient (Wildman–Crippen LogP) is 4.88. The van der Waals surface area contributed by atoms with Crippen molar-refractivity contribution in [3.8, 4) is 0 Å². The lowest BCUT2D eigenvalue weighted by Gasteiger charge is -2.60. The first kappa shape index (κ1) is 21.9. The number of hydrogen-bond acceptors (Lipinski definition) is 4. The molecule has 0 amide bonds. The van der Waals surface area contributed by atoms with Gasteiger partial charge in [0.05, 0.1) is 11.9 Å². The Morgan fingerprint density at radius 2 is 1.94 bits per heavy atom. The van der Waals surface area contributed by atoms with Crippen LogP contribution in [0, 0.1) is 46.3 Å². The SMILES string of the molecule is CC1=C(CC[C@H](C)CO)O[C@@H]2C[C@@H]3[C@H]4CC[C@H]5C[C@@H](O)CC[C@]5(C)[C@@H]4CC(=O)[C@@]3(C)[C@H]12. The van der Waals surface area contributed by atoms with E-state index < -0.39 is 0 Å². The van der Waals surface area contributed by atoms with Gasteiger partial charge in [0.1, 0.15) is 11.9 Å². The zero-order chi connectivity index (χ0) is 22.1. The van der Waals surface area contributed by atoms with Crippen LogP contribution in [0.25, 0.3) is 0 Å². The average molecular weight is 431 g/mol. The summed E-state index contributed by atoms with van der Waals surface area (Å²) < 4.78 is 6.54. The summed E-state index contributed by atoms with van der Waals surface area (Å²) in [5.41, 5.74) is 1.25. The fourth-order valence-electron chi connectivity index (χ4n) is 8.97. The van der Waals surface area contributed by atoms with Crippen molar-refractivity contribution in [3.05, 3.63) is 11.3 Å². The second kappa shape index (κ2) is 7.58. The molecule has 1 heterocycles. The van der Waals surface area contributed by atoms with Gasteiger partial charge in [0, 0.05) is 30.8 Å². The van der Waals surface area contributed by atoms with Gasteiger partial charge < -0.3 is 14.9 Å². The quantitative estimate of drug-likeness (QED) is 0.667. The summed E-state index contributed by atoms with van der Waals surface area (Å²) in [6.07, 6.45) is 8.93. The van der Waals surface area contributed by atoms with E-state index >= 15 is 0 Å². The Morgan fingerprint density at radius 3 is 2.68 bits per heavy atom. The van der Waals surface area contributed by atoms with Crippen LogP contribution in [0.3, 0.4) is 0 Å². The molecule has 5 rings (SSSR count). The van der Waals surface area contributed by atoms with E-state index in [1.807, 2.05) is 0 Å². The number of ketones is 1. The first-order chi connectivity index (χ1) is 14.7. The van der Waals surface area contributed by atoms with E-state index in [9.17, 15) is 15.0 Å². The monoisotopic (exact) mass is 430 g/mol. The van der Waals surface area contributed by atoms with E-state index in [0.717, 1.165) is 50.7 Å². The van der Waals surface area contributed by atoms with Crippen molar-refractivity contribution in [2.75, 3.05) is 6.61 Å². The van der Waals surface area contributed by atoms with Crippen LogP contribution in [0.15, 0.2) is 11.3 Å². The molecule has 4 nitrogen and oxygen atoms in total. The number of aliphatic hydroxyl groups is 2. The van der Waals surface area contributed by atoms with Crippen molar-refractivity contribution in [2.24, 2.45) is 46.3 Å². The van der Waals surface area contributed by atoms with E-state index in [4.69, 9.17) is 4.74 Å². The molecule has 31 heavy (non-hydrogen) atoms. The van der Waals surface area contributed by atoms with E-state index in [2.05, 4.69) is 27.7 Å². The third-order valence-corrected chi connectivity index (χ3v) is 10.9. The highest BCUT2D eigenvalue weighted by Gasteiger charge is 2.67. The van der Waals surface area contributed by atoms with Crippen molar-refractivity contribution in [1.82, 2.24) is 0 Å². The molecule has 1 aliphatic heterocycles. The van der Waals surface area contributed by atoms with Crippen LogP contribution in [-0.4, -0.2) is 34.8 Å². The van der Waals surface area contributed by atoms with Crippen molar-refractivity contribution >= 4 is 5.78 Å². The van der Waals surface area contributed by atoms with Gasteiger partial charge in [-0.05, 0) is 92.4 Å². The highest BCUT2D eigenvalue weighted by molar-refractivity contribution is 5.87. The third kappa shape index (κ3) is 3.10. The molecular weight excluding hydrogens is 388 g/mol. The highest BCUT2D eigenvalue weighted by atomic mass is 16.5. The van der Waals surface area contributed by atoms with Gasteiger partial charge in [-0.3, -0.25) is 4.79 Å². The number of carbonyl (C=O) groups excluding carboxylic acids is 1. The molecule has 0 unspecified atom stereocenters. The Bertz CT molecular complexity index is 773. The molecule has 174 valence electrons. The lowest BCUT2D eigenvalue weighted by molar-refractivity contribution is -0.158. The Labute approximate surface area is 187 Å². The molecule has 4 aliphatic carbocycles. The predicted molar refractivity (Wildman–Crippen MR) is 120 cm³/mol. The van der Waals surface area contributed by atoms with Crippen molar-refractivity contribution in [3.63, 3.8) is 0 Å². The third-order valence-electron chi connectivity index (χ3n) is 10.9. The number of allylic oxidation sites excluding steroid dienone is 1. The Kier molecular flexibility index (Phi) is 5.37. The summed E-state index contributed by atoms with van der Waals surface area (Å²) in [5.74, 6) is 4.23. The van der Waals surface area contributed by atoms with E-state index in [-0.39, 0.29) is 41.5 Å². The van der Waals surface area contributed by atoms with Crippen LogP contribution >= 0.6 is 0 Å². The fraction of sp³-hybridized carbons (Fsp3) is 0.889. The molecule has 4 heteroatoms. The van der Waals surface area contributed by atoms with Gasteiger partial charge >= 0.3 is 0 Å². The number of rotatable bonds is 4. The van der Waals surface area contributed by atoms with Gasteiger partial charge in [0.15, 0.2) is 0 Å². The van der Waals surface area contributed by atoms with Crippen LogP contribution in [-0.2, 0) is 9.53 Å². The molecule has 4 fully saturated rings. The average Bonchev–Trinajstić information content (AvgIpc) is 3.22. The van der Waals surface area contributed by atoms with Crippen LogP contribution in [0.4, 0.5) is 0 Å². The number of fused-ring (bicyclic) bond motifs is 7. The van der Waals surface area contributed by atoms with Gasteiger partial charge in [0.2, 0.25) is 0 Å². The van der Waals surface area contributed by atoms with Gasteiger partial charge in [-0.1, -0.05) is 20.8 Å². The summed E-state index contributed by atoms with van der Waals surface area (Å²) in [4.78, 5) is 13.9. The topological polar surface area (TPSA) is 66.8 Å². The Hall–Kier alpha value is -0.870. The smallest absolute Gasteiger partial charge is 0.140 e. The summed E-state index contributed by atoms with van der Waals surface area (Å²) in [5, 5.41) is 19.6. The number of hydrogen-bond donors (Lipinski definition) is 2. The van der Waals surface area contributed by atoms with Gasteiger partial charge in [-0.25, -0.2) is 0 Å². The summed E-state index contributed by atoms with van der Waals surface area (Å²) in [6, 6.07) is 0. The minimum Gasteiger partial charge on any atom is -0.494 e. The molecule has 0 aromatic rings. The van der Waals surface area contributed by atoms with Crippen LogP contribution in [0.5, 0.6) is 0 Å². The summed E-state index contributed by atoms with van der Waals surface area (Å²) >= 11 is 0. The first-order valence-electron chi connectivity index (χ1n) is 12.9. The molecule has 10 atom stereocenters. The van der Waals surface area contributed by atoms with Crippen LogP contribution < -0.4 is 0 Å². The van der Waals surface area contributed by atoms with Crippen molar-refractivity contribution < 1.29 is 19.7 Å². The Balaban J connectivity index is 1.41. The normalized spacial score (nSPS) is 49.7. The van der Waals surface area contributed by atoms with E-state index in [1.54, 1.807) is 0 Å². The lowest BCUT2D eigenvalue weighted by atomic mass is 9.44. The standard InChI is InChI=1S/C27H42O4/c1-15(14-28)5-8-22-16(2)25-23(31-22)12-21-19-7-6-17-11-18(29)9-10-26(17,3)20(19)13-24(30)27(21,25)4/h15,17-21,23,25,28-29H,5-14H2,1-4H3/t15-,17-,18-,19-,20+,21+,23+,25+,26-,27-/m0/s1. The maximum Gasteiger partial charge on any atom is 0.140 e. The summed E-state index contributed by atoms with van der Waals surface area (Å²) in [6.45, 7) is 9.21. The lowest BCUT2D eigenvalue weighted by Crippen LogP contribution is -2.57. The zero-order valence-corrected chi connectivity index (χ0v) is 19.9. The van der Waals surface area contributed by atoms with Crippen LogP contribution in [0.1, 0.15) is 85.5 Å². The molecule has 0 aromatic heterocycles. The molecule has 0 saturated heterocycles. The summed E-state index contributed by atoms with van der Waals surface area (Å²) in [7, 11) is 0. The maximum absolute atomic E-state index is 13.9. The van der Waals surface area contributed by atoms with E-state index in [0.29, 0.717) is 29.5 Å². The molecule has 2 N–H and O–H groups in total. The van der Waals surface area contributed by atoms with Gasteiger partial charge in [-0.2, -0.15) is 0 Å². The molecule has 0 bridgehead atoms. The van der Waals surface area contributed by atoms with Crippen molar-refractivity contribution in [2.45, 2.75) is 97.7 Å². The molecule has 4 saturated carbocycles. The minimum absolute atomic E-state index is 0.141. The highest BCUT2D eigenvalue weighted by Crippen LogP contribution is 2.68. The molecule has 5 aliphatic rings. The fourth-order valence-corrected chi connectivity index (χ4v) is 8.97. The minimum atomic E-state index is -0.280. The second-order valence-corrected chi connectivity index (χ2v) is 12.3. The maximum atomic E-state index is 13.9. The number of carbonyl (C=O) groups is 1. The Morgan fingerprint density at radius 1 is 1.16 bits per heavy atom. The largest absolute Gasteiger partial charge is 0.494 e. The number of Topliss-reactive ketones (excluding diaryl/α,β-unsaturated/α-hetero) is 1.